The third-order valence-corrected chi connectivity index (χ3v) is 7.12. The Kier molecular flexibility index (Phi) is 7.48. The predicted octanol–water partition coefficient (Wildman–Crippen LogP) is 5.41. The maximum Gasteiger partial charge on any atom is 0.264 e. The Labute approximate surface area is 205 Å². The second-order valence-electron chi connectivity index (χ2n) is 8.01. The van der Waals surface area contributed by atoms with Crippen molar-refractivity contribution in [3.63, 3.8) is 0 Å². The molecule has 0 saturated heterocycles. The Bertz CT molecular complexity index is 1360. The number of carbonyl (C=O) groups excluding carboxylic acids is 1. The number of hydrogen-bond donors (Lipinski definition) is 1. The molecule has 1 N–H and O–H groups in total. The molecule has 6 nitrogen and oxygen atoms in total. The summed E-state index contributed by atoms with van der Waals surface area (Å²) < 4.78 is 34.1. The first-order valence-corrected chi connectivity index (χ1v) is 12.6. The summed E-state index contributed by atoms with van der Waals surface area (Å²) in [6.45, 7) is 1.93. The molecule has 4 aromatic rings. The van der Waals surface area contributed by atoms with Gasteiger partial charge in [0.1, 0.15) is 5.75 Å². The van der Waals surface area contributed by atoms with Gasteiger partial charge in [0, 0.05) is 5.69 Å². The molecule has 0 atom stereocenters. The van der Waals surface area contributed by atoms with Crippen molar-refractivity contribution >= 4 is 27.3 Å². The molecular formula is C28H26N2O4S. The molecule has 7 heteroatoms. The fourth-order valence-electron chi connectivity index (χ4n) is 3.48. The highest BCUT2D eigenvalue weighted by molar-refractivity contribution is 7.92. The SMILES string of the molecule is Cc1ccc(S(=O)(=O)N(Cc2ccccc2)c2ccc(OCC(=O)Nc3ccccc3)cc2)cc1. The lowest BCUT2D eigenvalue weighted by Crippen LogP contribution is -2.30. The molecule has 0 saturated carbocycles. The van der Waals surface area contributed by atoms with E-state index in [-0.39, 0.29) is 24.0 Å². The van der Waals surface area contributed by atoms with Crippen molar-refractivity contribution in [1.82, 2.24) is 0 Å². The van der Waals surface area contributed by atoms with Gasteiger partial charge in [-0.1, -0.05) is 66.2 Å². The quantitative estimate of drug-likeness (QED) is 0.343. The van der Waals surface area contributed by atoms with Crippen LogP contribution in [0.15, 0.2) is 114 Å². The van der Waals surface area contributed by atoms with Gasteiger partial charge < -0.3 is 10.1 Å². The molecule has 0 aliphatic carbocycles. The zero-order chi connectivity index (χ0) is 24.7. The van der Waals surface area contributed by atoms with Gasteiger partial charge in [0.05, 0.1) is 17.1 Å². The number of carbonyl (C=O) groups is 1. The van der Waals surface area contributed by atoms with Gasteiger partial charge in [0.25, 0.3) is 15.9 Å². The maximum absolute atomic E-state index is 13.6. The molecule has 0 radical (unpaired) electrons. The minimum Gasteiger partial charge on any atom is -0.484 e. The number of benzene rings is 4. The van der Waals surface area contributed by atoms with Crippen LogP contribution in [-0.2, 0) is 21.4 Å². The molecular weight excluding hydrogens is 460 g/mol. The molecule has 0 aliphatic heterocycles. The van der Waals surface area contributed by atoms with Crippen LogP contribution in [0, 0.1) is 6.92 Å². The number of rotatable bonds is 9. The first kappa shape index (κ1) is 24.0. The van der Waals surface area contributed by atoms with Crippen LogP contribution < -0.4 is 14.4 Å². The molecule has 0 bridgehead atoms. The molecule has 4 rings (SSSR count). The minimum atomic E-state index is -3.81. The van der Waals surface area contributed by atoms with Crippen molar-refractivity contribution in [3.05, 3.63) is 120 Å². The van der Waals surface area contributed by atoms with Crippen LogP contribution in [0.4, 0.5) is 11.4 Å². The molecule has 0 aliphatic rings. The minimum absolute atomic E-state index is 0.163. The van der Waals surface area contributed by atoms with Crippen molar-refractivity contribution in [2.75, 3.05) is 16.2 Å². The predicted molar refractivity (Wildman–Crippen MR) is 138 cm³/mol. The van der Waals surface area contributed by atoms with E-state index in [1.807, 2.05) is 55.5 Å². The second-order valence-corrected chi connectivity index (χ2v) is 9.87. The zero-order valence-corrected chi connectivity index (χ0v) is 20.1. The van der Waals surface area contributed by atoms with Crippen molar-refractivity contribution < 1.29 is 17.9 Å². The topological polar surface area (TPSA) is 75.7 Å². The second kappa shape index (κ2) is 10.9. The van der Waals surface area contributed by atoms with Crippen LogP contribution in [0.25, 0.3) is 0 Å². The lowest BCUT2D eigenvalue weighted by atomic mass is 10.2. The number of hydrogen-bond acceptors (Lipinski definition) is 4. The van der Waals surface area contributed by atoms with Gasteiger partial charge in [-0.25, -0.2) is 8.42 Å². The number of nitrogens with zero attached hydrogens (tertiary/aromatic N) is 1. The number of anilines is 2. The van der Waals surface area contributed by atoms with Crippen molar-refractivity contribution in [2.24, 2.45) is 0 Å². The number of aryl methyl sites for hydroxylation is 1. The van der Waals surface area contributed by atoms with E-state index in [1.54, 1.807) is 60.7 Å². The summed E-state index contributed by atoms with van der Waals surface area (Å²) in [7, 11) is -3.81. The van der Waals surface area contributed by atoms with Gasteiger partial charge in [0.15, 0.2) is 6.61 Å². The number of para-hydroxylation sites is 1. The average Bonchev–Trinajstić information content (AvgIpc) is 2.88. The molecule has 0 aromatic heterocycles. The number of ether oxygens (including phenoxy) is 1. The zero-order valence-electron chi connectivity index (χ0n) is 19.3. The molecule has 0 unspecified atom stereocenters. The maximum atomic E-state index is 13.6. The van der Waals surface area contributed by atoms with Crippen molar-refractivity contribution in [2.45, 2.75) is 18.4 Å². The van der Waals surface area contributed by atoms with Gasteiger partial charge in [-0.3, -0.25) is 9.10 Å². The average molecular weight is 487 g/mol. The van der Waals surface area contributed by atoms with E-state index in [4.69, 9.17) is 4.74 Å². The summed E-state index contributed by atoms with van der Waals surface area (Å²) >= 11 is 0. The molecule has 0 fully saturated rings. The van der Waals surface area contributed by atoms with Crippen LogP contribution in [0.5, 0.6) is 5.75 Å². The number of sulfonamides is 1. The highest BCUT2D eigenvalue weighted by Crippen LogP contribution is 2.28. The van der Waals surface area contributed by atoms with Gasteiger partial charge in [0.2, 0.25) is 0 Å². The fraction of sp³-hybridized carbons (Fsp3) is 0.107. The summed E-state index contributed by atoms with van der Waals surface area (Å²) in [5, 5.41) is 2.76. The van der Waals surface area contributed by atoms with Gasteiger partial charge in [-0.15, -0.1) is 0 Å². The van der Waals surface area contributed by atoms with E-state index >= 15 is 0 Å². The Balaban J connectivity index is 1.52. The van der Waals surface area contributed by atoms with Gasteiger partial charge in [-0.2, -0.15) is 0 Å². The third-order valence-electron chi connectivity index (χ3n) is 5.33. The fourth-order valence-corrected chi connectivity index (χ4v) is 4.93. The molecule has 1 amide bonds. The third kappa shape index (κ3) is 6.28. The number of amides is 1. The number of nitrogens with one attached hydrogen (secondary N) is 1. The molecule has 0 spiro atoms. The summed E-state index contributed by atoms with van der Waals surface area (Å²) in [6.07, 6.45) is 0. The highest BCUT2D eigenvalue weighted by Gasteiger charge is 2.25. The van der Waals surface area contributed by atoms with E-state index in [9.17, 15) is 13.2 Å². The van der Waals surface area contributed by atoms with E-state index in [1.165, 1.54) is 4.31 Å². The van der Waals surface area contributed by atoms with E-state index in [0.717, 1.165) is 11.1 Å². The highest BCUT2D eigenvalue weighted by atomic mass is 32.2. The van der Waals surface area contributed by atoms with E-state index in [0.29, 0.717) is 17.1 Å². The lowest BCUT2D eigenvalue weighted by Gasteiger charge is -2.25. The van der Waals surface area contributed by atoms with Crippen molar-refractivity contribution in [1.29, 1.82) is 0 Å². The van der Waals surface area contributed by atoms with E-state index < -0.39 is 10.0 Å². The standard InChI is InChI=1S/C28H26N2O4S/c1-22-12-18-27(19-13-22)35(32,33)30(20-23-8-4-2-5-9-23)25-14-16-26(17-15-25)34-21-28(31)29-24-10-6-3-7-11-24/h2-19H,20-21H2,1H3,(H,29,31). The van der Waals surface area contributed by atoms with Crippen LogP contribution in [0.3, 0.4) is 0 Å². The molecule has 35 heavy (non-hydrogen) atoms. The van der Waals surface area contributed by atoms with E-state index in [2.05, 4.69) is 5.32 Å². The summed E-state index contributed by atoms with van der Waals surface area (Å²) in [5.41, 5.74) is 3.03. The van der Waals surface area contributed by atoms with Gasteiger partial charge in [-0.05, 0) is 61.0 Å². The molecule has 4 aromatic carbocycles. The molecule has 0 heterocycles. The Morgan fingerprint density at radius 3 is 2.03 bits per heavy atom. The van der Waals surface area contributed by atoms with Crippen LogP contribution >= 0.6 is 0 Å². The van der Waals surface area contributed by atoms with Gasteiger partial charge >= 0.3 is 0 Å². The summed E-state index contributed by atoms with van der Waals surface area (Å²) in [4.78, 5) is 12.4. The normalized spacial score (nSPS) is 11.0. The Morgan fingerprint density at radius 1 is 0.800 bits per heavy atom. The van der Waals surface area contributed by atoms with Crippen LogP contribution in [0.1, 0.15) is 11.1 Å². The first-order chi connectivity index (χ1) is 16.9. The van der Waals surface area contributed by atoms with Crippen molar-refractivity contribution in [3.8, 4) is 5.75 Å². The van der Waals surface area contributed by atoms with Crippen LogP contribution in [0.2, 0.25) is 0 Å². The first-order valence-electron chi connectivity index (χ1n) is 11.1. The monoisotopic (exact) mass is 486 g/mol. The summed E-state index contributed by atoms with van der Waals surface area (Å²) in [5.74, 6) is 0.178. The summed E-state index contributed by atoms with van der Waals surface area (Å²) in [6, 6.07) is 32.0. The van der Waals surface area contributed by atoms with Crippen LogP contribution in [-0.4, -0.2) is 20.9 Å². The lowest BCUT2D eigenvalue weighted by molar-refractivity contribution is -0.118. The largest absolute Gasteiger partial charge is 0.484 e. The Morgan fingerprint density at radius 2 is 1.40 bits per heavy atom. The smallest absolute Gasteiger partial charge is 0.264 e. The molecule has 178 valence electrons. The Hall–Kier alpha value is -4.10.